The molecule has 1 aromatic rings. The molecule has 1 unspecified atom stereocenters. The van der Waals surface area contributed by atoms with Gasteiger partial charge in [0.2, 0.25) is 0 Å². The van der Waals surface area contributed by atoms with Gasteiger partial charge in [0.15, 0.2) is 5.82 Å². The monoisotopic (exact) mass is 311 g/mol. The van der Waals surface area contributed by atoms with Crippen molar-refractivity contribution in [1.82, 2.24) is 5.32 Å². The highest BCUT2D eigenvalue weighted by Crippen LogP contribution is 2.24. The van der Waals surface area contributed by atoms with E-state index in [1.165, 1.54) is 0 Å². The van der Waals surface area contributed by atoms with Crippen LogP contribution in [-0.2, 0) is 9.05 Å². The summed E-state index contributed by atoms with van der Waals surface area (Å²) in [6, 6.07) is 1.05. The van der Waals surface area contributed by atoms with E-state index in [0.29, 0.717) is 18.6 Å². The van der Waals surface area contributed by atoms with Crippen LogP contribution in [-0.4, -0.2) is 20.4 Å². The van der Waals surface area contributed by atoms with E-state index >= 15 is 0 Å². The van der Waals surface area contributed by atoms with Gasteiger partial charge < -0.3 is 5.32 Å². The predicted octanol–water partition coefficient (Wildman–Crippen LogP) is 2.42. The normalized spacial score (nSPS) is 13.1. The van der Waals surface area contributed by atoms with E-state index in [4.69, 9.17) is 10.7 Å². The molecule has 0 aliphatic heterocycles. The lowest BCUT2D eigenvalue weighted by Crippen LogP contribution is -2.33. The summed E-state index contributed by atoms with van der Waals surface area (Å²) in [6.45, 7) is 3.42. The molecule has 4 nitrogen and oxygen atoms in total. The first kappa shape index (κ1) is 15.8. The van der Waals surface area contributed by atoms with Gasteiger partial charge in [0.25, 0.3) is 15.0 Å². The van der Waals surface area contributed by atoms with Crippen molar-refractivity contribution in [2.45, 2.75) is 31.2 Å². The SMILES string of the molecule is CCC(C)NC(=O)c1c(F)ccc(S(=O)(=O)Cl)c1F. The first-order valence-electron chi connectivity index (χ1n) is 5.42. The van der Waals surface area contributed by atoms with Crippen LogP contribution in [0.25, 0.3) is 0 Å². The van der Waals surface area contributed by atoms with E-state index in [2.05, 4.69) is 5.32 Å². The molecule has 0 aromatic heterocycles. The predicted molar refractivity (Wildman–Crippen MR) is 66.6 cm³/mol. The number of nitrogens with one attached hydrogen (secondary N) is 1. The molecule has 0 saturated heterocycles. The van der Waals surface area contributed by atoms with Gasteiger partial charge in [0.1, 0.15) is 16.3 Å². The smallest absolute Gasteiger partial charge is 0.264 e. The third kappa shape index (κ3) is 3.63. The zero-order valence-corrected chi connectivity index (χ0v) is 11.8. The van der Waals surface area contributed by atoms with Gasteiger partial charge in [-0.3, -0.25) is 4.79 Å². The Morgan fingerprint density at radius 3 is 2.47 bits per heavy atom. The van der Waals surface area contributed by atoms with E-state index in [-0.39, 0.29) is 6.04 Å². The van der Waals surface area contributed by atoms with Crippen LogP contribution >= 0.6 is 10.7 Å². The first-order valence-corrected chi connectivity index (χ1v) is 7.73. The highest BCUT2D eigenvalue weighted by atomic mass is 35.7. The molecule has 106 valence electrons. The molecule has 1 aromatic carbocycles. The van der Waals surface area contributed by atoms with Crippen molar-refractivity contribution < 1.29 is 22.0 Å². The van der Waals surface area contributed by atoms with Gasteiger partial charge in [-0.2, -0.15) is 0 Å². The minimum absolute atomic E-state index is 0.303. The molecular formula is C11H12ClF2NO3S. The molecule has 0 saturated carbocycles. The van der Waals surface area contributed by atoms with Crippen LogP contribution in [0.1, 0.15) is 30.6 Å². The molecule has 8 heteroatoms. The van der Waals surface area contributed by atoms with Crippen molar-refractivity contribution in [2.24, 2.45) is 0 Å². The van der Waals surface area contributed by atoms with Crippen LogP contribution < -0.4 is 5.32 Å². The number of amides is 1. The molecule has 1 rings (SSSR count). The lowest BCUT2D eigenvalue weighted by molar-refractivity contribution is 0.0930. The minimum atomic E-state index is -4.39. The Balaban J connectivity index is 3.32. The molecule has 0 heterocycles. The quantitative estimate of drug-likeness (QED) is 0.869. The van der Waals surface area contributed by atoms with Crippen LogP contribution in [0, 0.1) is 11.6 Å². The van der Waals surface area contributed by atoms with Crippen molar-refractivity contribution in [3.05, 3.63) is 29.3 Å². The Kier molecular flexibility index (Phi) is 4.86. The number of halogens is 3. The Morgan fingerprint density at radius 2 is 2.00 bits per heavy atom. The van der Waals surface area contributed by atoms with Gasteiger partial charge in [-0.1, -0.05) is 6.92 Å². The molecule has 0 spiro atoms. The van der Waals surface area contributed by atoms with Gasteiger partial charge in [-0.15, -0.1) is 0 Å². The van der Waals surface area contributed by atoms with Crippen molar-refractivity contribution in [3.63, 3.8) is 0 Å². The summed E-state index contributed by atoms with van der Waals surface area (Å²) in [5, 5.41) is 2.35. The van der Waals surface area contributed by atoms with Crippen molar-refractivity contribution in [2.75, 3.05) is 0 Å². The topological polar surface area (TPSA) is 63.2 Å². The third-order valence-electron chi connectivity index (χ3n) is 2.54. The molecular weight excluding hydrogens is 300 g/mol. The van der Waals surface area contributed by atoms with Crippen molar-refractivity contribution in [1.29, 1.82) is 0 Å². The van der Waals surface area contributed by atoms with Crippen molar-refractivity contribution in [3.8, 4) is 0 Å². The number of hydrogen-bond donors (Lipinski definition) is 1. The summed E-state index contributed by atoms with van der Waals surface area (Å²) < 4.78 is 49.5. The Labute approximate surface area is 114 Å². The summed E-state index contributed by atoms with van der Waals surface area (Å²) in [6.07, 6.45) is 0.558. The average molecular weight is 312 g/mol. The highest BCUT2D eigenvalue weighted by molar-refractivity contribution is 8.13. The first-order chi connectivity index (χ1) is 8.68. The maximum absolute atomic E-state index is 13.9. The maximum atomic E-state index is 13.9. The zero-order chi connectivity index (χ0) is 14.8. The largest absolute Gasteiger partial charge is 0.349 e. The lowest BCUT2D eigenvalue weighted by Gasteiger charge is -2.13. The molecule has 0 aliphatic rings. The molecule has 19 heavy (non-hydrogen) atoms. The lowest BCUT2D eigenvalue weighted by atomic mass is 10.1. The van der Waals surface area contributed by atoms with Gasteiger partial charge in [-0.25, -0.2) is 17.2 Å². The second-order valence-electron chi connectivity index (χ2n) is 3.96. The average Bonchev–Trinajstić information content (AvgIpc) is 2.26. The van der Waals surface area contributed by atoms with Crippen LogP contribution in [0.5, 0.6) is 0 Å². The van der Waals surface area contributed by atoms with Crippen LogP contribution in [0.15, 0.2) is 17.0 Å². The third-order valence-corrected chi connectivity index (χ3v) is 3.87. The van der Waals surface area contributed by atoms with Crippen LogP contribution in [0.3, 0.4) is 0 Å². The fraction of sp³-hybridized carbons (Fsp3) is 0.364. The van der Waals surface area contributed by atoms with Crippen LogP contribution in [0.2, 0.25) is 0 Å². The molecule has 0 bridgehead atoms. The van der Waals surface area contributed by atoms with Gasteiger partial charge >= 0.3 is 0 Å². The molecule has 0 fully saturated rings. The van der Waals surface area contributed by atoms with E-state index in [9.17, 15) is 22.0 Å². The number of benzene rings is 1. The Bertz CT molecular complexity index is 604. The van der Waals surface area contributed by atoms with E-state index in [1.54, 1.807) is 13.8 Å². The van der Waals surface area contributed by atoms with E-state index in [1.807, 2.05) is 0 Å². The second-order valence-corrected chi connectivity index (χ2v) is 6.49. The number of hydrogen-bond acceptors (Lipinski definition) is 3. The number of carbonyl (C=O) groups excluding carboxylic acids is 1. The fourth-order valence-electron chi connectivity index (χ4n) is 1.33. The second kappa shape index (κ2) is 5.83. The highest BCUT2D eigenvalue weighted by Gasteiger charge is 2.26. The molecule has 1 N–H and O–H groups in total. The van der Waals surface area contributed by atoms with Gasteiger partial charge in [0, 0.05) is 16.7 Å². The van der Waals surface area contributed by atoms with Crippen LogP contribution in [0.4, 0.5) is 8.78 Å². The van der Waals surface area contributed by atoms with Crippen molar-refractivity contribution >= 4 is 25.6 Å². The van der Waals surface area contributed by atoms with Gasteiger partial charge in [-0.05, 0) is 25.5 Å². The zero-order valence-electron chi connectivity index (χ0n) is 10.2. The fourth-order valence-corrected chi connectivity index (χ4v) is 2.23. The summed E-state index contributed by atoms with van der Waals surface area (Å²) in [7, 11) is 0.614. The standard InChI is InChI=1S/C11H12ClF2NO3S/c1-3-6(2)15-11(16)9-7(13)4-5-8(10(9)14)19(12,17)18/h4-6H,3H2,1-2H3,(H,15,16). The summed E-state index contributed by atoms with van der Waals surface area (Å²) >= 11 is 0. The van der Waals surface area contributed by atoms with E-state index < -0.39 is 37.1 Å². The number of carbonyl (C=O) groups is 1. The molecule has 1 atom stereocenters. The summed E-state index contributed by atoms with van der Waals surface area (Å²) in [5.74, 6) is -3.66. The summed E-state index contributed by atoms with van der Waals surface area (Å²) in [5.41, 5.74) is -0.956. The molecule has 1 amide bonds. The summed E-state index contributed by atoms with van der Waals surface area (Å²) in [4.78, 5) is 10.8. The van der Waals surface area contributed by atoms with Gasteiger partial charge in [0.05, 0.1) is 0 Å². The molecule has 0 aliphatic carbocycles. The maximum Gasteiger partial charge on any atom is 0.264 e. The number of rotatable bonds is 4. The Morgan fingerprint density at radius 1 is 1.42 bits per heavy atom. The minimum Gasteiger partial charge on any atom is -0.349 e. The van der Waals surface area contributed by atoms with E-state index in [0.717, 1.165) is 0 Å². The molecule has 0 radical (unpaired) electrons. The Hall–Kier alpha value is -1.21.